The van der Waals surface area contributed by atoms with Crippen molar-refractivity contribution in [2.24, 2.45) is 0 Å². The molecule has 0 spiro atoms. The van der Waals surface area contributed by atoms with Gasteiger partial charge in [-0.3, -0.25) is 9.59 Å². The fraction of sp³-hybridized carbons (Fsp3) is 0.385. The van der Waals surface area contributed by atoms with E-state index in [0.717, 1.165) is 12.0 Å². The maximum Gasteiger partial charge on any atom is 0.253 e. The second-order valence-electron chi connectivity index (χ2n) is 3.98. The molecule has 1 rings (SSSR count). The fourth-order valence-corrected chi connectivity index (χ4v) is 1.62. The Morgan fingerprint density at radius 1 is 1.25 bits per heavy atom. The molecule has 0 fully saturated rings. The van der Waals surface area contributed by atoms with Crippen LogP contribution >= 0.6 is 0 Å². The zero-order valence-electron chi connectivity index (χ0n) is 10.2. The Balaban J connectivity index is 3.19. The number of rotatable bonds is 3. The smallest absolute Gasteiger partial charge is 0.253 e. The molecule has 0 aliphatic heterocycles. The molecule has 16 heavy (non-hydrogen) atoms. The molecule has 1 amide bonds. The van der Waals surface area contributed by atoms with Gasteiger partial charge in [-0.05, 0) is 31.0 Å². The van der Waals surface area contributed by atoms with Gasteiger partial charge >= 0.3 is 0 Å². The summed E-state index contributed by atoms with van der Waals surface area (Å²) in [6.45, 7) is 3.52. The summed E-state index contributed by atoms with van der Waals surface area (Å²) in [6, 6.07) is 5.25. The first kappa shape index (κ1) is 12.4. The van der Waals surface area contributed by atoms with Crippen LogP contribution < -0.4 is 0 Å². The summed E-state index contributed by atoms with van der Waals surface area (Å²) >= 11 is 0. The standard InChI is InChI=1S/C13H17NO2/c1-5-10-8-11(13(16)14(3)4)6-7-12(10)9(2)15/h6-8H,5H2,1-4H3. The van der Waals surface area contributed by atoms with Crippen molar-refractivity contribution in [3.05, 3.63) is 34.9 Å². The molecule has 1 aromatic carbocycles. The molecule has 0 saturated carbocycles. The summed E-state index contributed by atoms with van der Waals surface area (Å²) in [5, 5.41) is 0. The maximum absolute atomic E-state index is 11.7. The number of carbonyl (C=O) groups is 2. The topological polar surface area (TPSA) is 37.4 Å². The van der Waals surface area contributed by atoms with E-state index >= 15 is 0 Å². The molecule has 1 aromatic rings. The van der Waals surface area contributed by atoms with Gasteiger partial charge in [0.15, 0.2) is 5.78 Å². The molecule has 0 aliphatic rings. The van der Waals surface area contributed by atoms with E-state index < -0.39 is 0 Å². The van der Waals surface area contributed by atoms with Crippen molar-refractivity contribution in [2.45, 2.75) is 20.3 Å². The van der Waals surface area contributed by atoms with Gasteiger partial charge in [0.1, 0.15) is 0 Å². The van der Waals surface area contributed by atoms with Crippen molar-refractivity contribution in [3.8, 4) is 0 Å². The Bertz CT molecular complexity index is 422. The van der Waals surface area contributed by atoms with Crippen molar-refractivity contribution in [1.29, 1.82) is 0 Å². The number of amides is 1. The minimum absolute atomic E-state index is 0.0372. The van der Waals surface area contributed by atoms with E-state index in [4.69, 9.17) is 0 Å². The molecular weight excluding hydrogens is 202 g/mol. The molecule has 86 valence electrons. The summed E-state index contributed by atoms with van der Waals surface area (Å²) in [4.78, 5) is 24.6. The molecule has 0 heterocycles. The summed E-state index contributed by atoms with van der Waals surface area (Å²) in [5.74, 6) is 0.00510. The van der Waals surface area contributed by atoms with Gasteiger partial charge in [-0.2, -0.15) is 0 Å². The predicted octanol–water partition coefficient (Wildman–Crippen LogP) is 2.15. The van der Waals surface area contributed by atoms with Crippen LogP contribution in [0.2, 0.25) is 0 Å². The number of ketones is 1. The lowest BCUT2D eigenvalue weighted by Crippen LogP contribution is -2.22. The van der Waals surface area contributed by atoms with E-state index in [0.29, 0.717) is 11.1 Å². The highest BCUT2D eigenvalue weighted by molar-refractivity contribution is 5.98. The Morgan fingerprint density at radius 3 is 2.31 bits per heavy atom. The van der Waals surface area contributed by atoms with Gasteiger partial charge in [-0.15, -0.1) is 0 Å². The molecular formula is C13H17NO2. The zero-order chi connectivity index (χ0) is 12.3. The van der Waals surface area contributed by atoms with Crippen LogP contribution in [0.25, 0.3) is 0 Å². The molecule has 0 aromatic heterocycles. The Kier molecular flexibility index (Phi) is 3.82. The molecule has 0 radical (unpaired) electrons. The molecule has 0 unspecified atom stereocenters. The number of carbonyl (C=O) groups excluding carboxylic acids is 2. The number of benzene rings is 1. The van der Waals surface area contributed by atoms with E-state index in [2.05, 4.69) is 0 Å². The van der Waals surface area contributed by atoms with Gasteiger partial charge < -0.3 is 4.90 Å². The summed E-state index contributed by atoms with van der Waals surface area (Å²) in [7, 11) is 3.43. The minimum atomic E-state index is -0.0372. The van der Waals surface area contributed by atoms with E-state index in [1.807, 2.05) is 6.92 Å². The first-order chi connectivity index (χ1) is 7.47. The summed E-state index contributed by atoms with van der Waals surface area (Å²) in [5.41, 5.74) is 2.27. The molecule has 3 nitrogen and oxygen atoms in total. The zero-order valence-corrected chi connectivity index (χ0v) is 10.2. The van der Waals surface area contributed by atoms with Crippen molar-refractivity contribution in [3.63, 3.8) is 0 Å². The lowest BCUT2D eigenvalue weighted by Gasteiger charge is -2.12. The highest BCUT2D eigenvalue weighted by atomic mass is 16.2. The Morgan fingerprint density at radius 2 is 1.88 bits per heavy atom. The van der Waals surface area contributed by atoms with Crippen molar-refractivity contribution in [2.75, 3.05) is 14.1 Å². The van der Waals surface area contributed by atoms with Crippen LogP contribution in [0.4, 0.5) is 0 Å². The average Bonchev–Trinajstić information content (AvgIpc) is 2.26. The number of aryl methyl sites for hydroxylation is 1. The van der Waals surface area contributed by atoms with Gasteiger partial charge in [0, 0.05) is 25.2 Å². The highest BCUT2D eigenvalue weighted by Gasteiger charge is 2.12. The molecule has 0 bridgehead atoms. The normalized spacial score (nSPS) is 10.0. The SMILES string of the molecule is CCc1cc(C(=O)N(C)C)ccc1C(C)=O. The third-order valence-corrected chi connectivity index (χ3v) is 2.52. The lowest BCUT2D eigenvalue weighted by atomic mass is 9.99. The first-order valence-corrected chi connectivity index (χ1v) is 5.32. The summed E-state index contributed by atoms with van der Waals surface area (Å²) < 4.78 is 0. The number of hydrogen-bond acceptors (Lipinski definition) is 2. The van der Waals surface area contributed by atoms with Gasteiger partial charge in [-0.1, -0.05) is 13.0 Å². The second-order valence-corrected chi connectivity index (χ2v) is 3.98. The van der Waals surface area contributed by atoms with Crippen LogP contribution in [-0.2, 0) is 6.42 Å². The summed E-state index contributed by atoms with van der Waals surface area (Å²) in [6.07, 6.45) is 0.753. The van der Waals surface area contributed by atoms with Crippen molar-refractivity contribution < 1.29 is 9.59 Å². The lowest BCUT2D eigenvalue weighted by molar-refractivity contribution is 0.0827. The van der Waals surface area contributed by atoms with Gasteiger partial charge in [0.2, 0.25) is 0 Å². The third kappa shape index (κ3) is 2.48. The van der Waals surface area contributed by atoms with Crippen LogP contribution in [0.3, 0.4) is 0 Å². The van der Waals surface area contributed by atoms with Crippen LogP contribution in [0.1, 0.15) is 40.1 Å². The van der Waals surface area contributed by atoms with Crippen LogP contribution in [0.15, 0.2) is 18.2 Å². The molecule has 3 heteroatoms. The molecule has 0 N–H and O–H groups in total. The molecule has 0 saturated heterocycles. The second kappa shape index (κ2) is 4.92. The van der Waals surface area contributed by atoms with Gasteiger partial charge in [0.05, 0.1) is 0 Å². The highest BCUT2D eigenvalue weighted by Crippen LogP contribution is 2.14. The molecule has 0 atom stereocenters. The monoisotopic (exact) mass is 219 g/mol. The van der Waals surface area contributed by atoms with Crippen molar-refractivity contribution in [1.82, 2.24) is 4.90 Å². The maximum atomic E-state index is 11.7. The quantitative estimate of drug-likeness (QED) is 0.730. The fourth-order valence-electron chi connectivity index (χ4n) is 1.62. The average molecular weight is 219 g/mol. The largest absolute Gasteiger partial charge is 0.345 e. The number of hydrogen-bond donors (Lipinski definition) is 0. The predicted molar refractivity (Wildman–Crippen MR) is 63.8 cm³/mol. The number of nitrogens with zero attached hydrogens (tertiary/aromatic N) is 1. The van der Waals surface area contributed by atoms with E-state index in [1.54, 1.807) is 39.2 Å². The Hall–Kier alpha value is -1.64. The Labute approximate surface area is 96.1 Å². The van der Waals surface area contributed by atoms with Crippen molar-refractivity contribution >= 4 is 11.7 Å². The minimum Gasteiger partial charge on any atom is -0.345 e. The third-order valence-electron chi connectivity index (χ3n) is 2.52. The van der Waals surface area contributed by atoms with Crippen LogP contribution in [0, 0.1) is 0 Å². The first-order valence-electron chi connectivity index (χ1n) is 5.32. The van der Waals surface area contributed by atoms with Gasteiger partial charge in [0.25, 0.3) is 5.91 Å². The van der Waals surface area contributed by atoms with E-state index in [1.165, 1.54) is 4.90 Å². The van der Waals surface area contributed by atoms with Crippen LogP contribution in [0.5, 0.6) is 0 Å². The van der Waals surface area contributed by atoms with Gasteiger partial charge in [-0.25, -0.2) is 0 Å². The number of Topliss-reactive ketones (excluding diaryl/α,β-unsaturated/α-hetero) is 1. The van der Waals surface area contributed by atoms with Crippen LogP contribution in [-0.4, -0.2) is 30.7 Å². The molecule has 0 aliphatic carbocycles. The van der Waals surface area contributed by atoms with E-state index in [-0.39, 0.29) is 11.7 Å². The van der Waals surface area contributed by atoms with E-state index in [9.17, 15) is 9.59 Å².